The van der Waals surface area contributed by atoms with E-state index in [9.17, 15) is 33.1 Å². The number of nitrogens with zero attached hydrogens (tertiary/aromatic N) is 6. The van der Waals surface area contributed by atoms with Crippen molar-refractivity contribution in [3.63, 3.8) is 0 Å². The lowest BCUT2D eigenvalue weighted by molar-refractivity contribution is 0.364. The molecule has 0 fully saturated rings. The van der Waals surface area contributed by atoms with Gasteiger partial charge in [0, 0.05) is 6.20 Å². The fourth-order valence-electron chi connectivity index (χ4n) is 2.80. The Morgan fingerprint density at radius 1 is 1.21 bits per heavy atom. The third-order valence-corrected chi connectivity index (χ3v) is 7.06. The molecule has 18 heteroatoms. The number of aromatic nitrogens is 4. The van der Waals surface area contributed by atoms with Gasteiger partial charge < -0.3 is 5.73 Å². The predicted molar refractivity (Wildman–Crippen MR) is 117 cm³/mol. The molecule has 0 saturated heterocycles. The molecule has 0 unspecified atom stereocenters. The predicted octanol–water partition coefficient (Wildman–Crippen LogP) is 5.05. The van der Waals surface area contributed by atoms with Crippen molar-refractivity contribution in [3.05, 3.63) is 52.2 Å². The first-order chi connectivity index (χ1) is 15.3. The van der Waals surface area contributed by atoms with Gasteiger partial charge >= 0.3 is 10.2 Å². The van der Waals surface area contributed by atoms with Gasteiger partial charge in [-0.05, 0) is 18.2 Å². The Balaban J connectivity index is 2.25. The number of benzene rings is 1. The Morgan fingerprint density at radius 2 is 1.79 bits per heavy atom. The summed E-state index contributed by atoms with van der Waals surface area (Å²) in [6.45, 7) is -0.420. The van der Waals surface area contributed by atoms with Crippen molar-refractivity contribution in [2.75, 3.05) is 16.3 Å². The molecule has 0 aliphatic heterocycles. The van der Waals surface area contributed by atoms with Crippen LogP contribution in [0.3, 0.4) is 0 Å². The van der Waals surface area contributed by atoms with E-state index < -0.39 is 64.6 Å². The Kier molecular flexibility index (Phi) is 5.73. The van der Waals surface area contributed by atoms with E-state index in [0.29, 0.717) is 8.99 Å². The molecule has 0 bridgehead atoms. The van der Waals surface area contributed by atoms with Crippen molar-refractivity contribution in [1.29, 1.82) is 5.26 Å². The highest BCUT2D eigenvalue weighted by atomic mass is 35.5. The normalized spacial score (nSPS) is 14.2. The van der Waals surface area contributed by atoms with Crippen LogP contribution in [-0.4, -0.2) is 34.4 Å². The summed E-state index contributed by atoms with van der Waals surface area (Å²) >= 11 is 11.7. The topological polar surface area (TPSA) is 131 Å². The van der Waals surface area contributed by atoms with E-state index in [1.807, 2.05) is 0 Å². The molecule has 0 aliphatic carbocycles. The first-order valence-corrected chi connectivity index (χ1v) is 13.1. The fourth-order valence-corrected chi connectivity index (χ4v) is 5.14. The summed E-state index contributed by atoms with van der Waals surface area (Å²) in [6.07, 6.45) is 3.28. The highest BCUT2D eigenvalue weighted by Crippen LogP contribution is 3.02. The minimum absolute atomic E-state index is 0.0631. The van der Waals surface area contributed by atoms with Crippen molar-refractivity contribution in [2.45, 2.75) is 11.4 Å². The lowest BCUT2D eigenvalue weighted by Gasteiger charge is -2.40. The summed E-state index contributed by atoms with van der Waals surface area (Å²) in [4.78, 5) is 5.25. The minimum atomic E-state index is -10.1. The van der Waals surface area contributed by atoms with Gasteiger partial charge in [0.05, 0.1) is 28.5 Å². The molecule has 3 aromatic rings. The van der Waals surface area contributed by atoms with E-state index in [1.54, 1.807) is 6.07 Å². The van der Waals surface area contributed by atoms with Crippen molar-refractivity contribution in [1.82, 2.24) is 19.7 Å². The van der Waals surface area contributed by atoms with E-state index in [4.69, 9.17) is 28.9 Å². The van der Waals surface area contributed by atoms with Gasteiger partial charge in [-0.1, -0.05) is 42.6 Å². The Morgan fingerprint density at radius 3 is 2.24 bits per heavy atom. The van der Waals surface area contributed by atoms with Crippen LogP contribution in [-0.2, 0) is 16.6 Å². The Hall–Kier alpha value is -2.87. The summed E-state index contributed by atoms with van der Waals surface area (Å²) in [5.41, 5.74) is 4.61. The summed E-state index contributed by atoms with van der Waals surface area (Å²) < 4.78 is 92.2. The monoisotopic (exact) mass is 563 g/mol. The molecule has 0 amide bonds. The van der Waals surface area contributed by atoms with Crippen LogP contribution < -0.4 is 10.0 Å². The lowest BCUT2D eigenvalue weighted by Crippen LogP contribution is -2.30. The first-order valence-electron chi connectivity index (χ1n) is 8.58. The molecule has 0 aliphatic rings. The van der Waals surface area contributed by atoms with Gasteiger partial charge in [0.2, 0.25) is 10.0 Å². The van der Waals surface area contributed by atoms with Crippen molar-refractivity contribution < 1.29 is 27.8 Å². The zero-order valence-corrected chi connectivity index (χ0v) is 19.8. The third kappa shape index (κ3) is 5.12. The third-order valence-electron chi connectivity index (χ3n) is 4.25. The van der Waals surface area contributed by atoms with E-state index in [1.165, 1.54) is 12.3 Å². The number of rotatable bonds is 6. The summed E-state index contributed by atoms with van der Waals surface area (Å²) in [5, 5.41) is 11.4. The lowest BCUT2D eigenvalue weighted by atomic mass is 10.3. The number of hydrogen-bond acceptors (Lipinski definition) is 7. The van der Waals surface area contributed by atoms with Crippen LogP contribution in [0.5, 0.6) is 0 Å². The number of anilines is 2. The van der Waals surface area contributed by atoms with Gasteiger partial charge in [0.1, 0.15) is 28.7 Å². The van der Waals surface area contributed by atoms with Crippen LogP contribution in [0.1, 0.15) is 11.4 Å². The van der Waals surface area contributed by atoms with Crippen molar-refractivity contribution in [2.24, 2.45) is 0 Å². The number of hydrogen-bond donors (Lipinski definition) is 1. The van der Waals surface area contributed by atoms with E-state index in [2.05, 4.69) is 15.1 Å². The maximum atomic E-state index is 13.2. The summed E-state index contributed by atoms with van der Waals surface area (Å²) in [6, 6.07) is 2.88. The van der Waals surface area contributed by atoms with Crippen LogP contribution in [0.4, 0.5) is 30.9 Å². The first kappa shape index (κ1) is 25.7. The molecule has 2 heterocycles. The Labute approximate surface area is 199 Å². The molecule has 0 atom stereocenters. The molecule has 1 aromatic carbocycles. The molecule has 184 valence electrons. The number of nitriles is 1. The summed E-state index contributed by atoms with van der Waals surface area (Å²) in [5.74, 6) is -0.570. The summed E-state index contributed by atoms with van der Waals surface area (Å²) in [7, 11) is -14.3. The average molecular weight is 564 g/mol. The molecular formula is C16H12Cl2F5N7O2S2. The van der Waals surface area contributed by atoms with Crippen LogP contribution in [0, 0.1) is 11.3 Å². The number of halogens is 7. The van der Waals surface area contributed by atoms with Crippen molar-refractivity contribution in [3.8, 4) is 11.8 Å². The van der Waals surface area contributed by atoms with Gasteiger partial charge in [-0.2, -0.15) is 10.4 Å². The Bertz CT molecular complexity index is 1420. The van der Waals surface area contributed by atoms with E-state index in [-0.39, 0.29) is 17.8 Å². The van der Waals surface area contributed by atoms with Gasteiger partial charge in [-0.3, -0.25) is 4.31 Å². The molecule has 0 spiro atoms. The van der Waals surface area contributed by atoms with E-state index >= 15 is 0 Å². The molecular weight excluding hydrogens is 552 g/mol. The number of nitrogens with two attached hydrogens (primary N) is 1. The smallest absolute Gasteiger partial charge is 0.310 e. The fraction of sp³-hybridized carbons (Fsp3) is 0.125. The van der Waals surface area contributed by atoms with Gasteiger partial charge in [0.25, 0.3) is 0 Å². The SMILES string of the molecule is CS(=O)(=O)N(Cc1ccncn1)c1c(C#N)nn(-c2c(Cl)cc(S(F)(F)(F)(F)F)cc2Cl)c1N. The minimum Gasteiger partial charge on any atom is -0.382 e. The molecule has 3 rings (SSSR count). The second kappa shape index (κ2) is 7.57. The molecule has 34 heavy (non-hydrogen) atoms. The van der Waals surface area contributed by atoms with Gasteiger partial charge in [0.15, 0.2) is 11.5 Å². The maximum absolute atomic E-state index is 13.2. The molecule has 0 saturated carbocycles. The highest BCUT2D eigenvalue weighted by Gasteiger charge is 2.65. The van der Waals surface area contributed by atoms with Gasteiger partial charge in [-0.25, -0.2) is 23.1 Å². The molecule has 0 radical (unpaired) electrons. The zero-order chi connectivity index (χ0) is 25.8. The van der Waals surface area contributed by atoms with Crippen molar-refractivity contribution >= 4 is 55.0 Å². The number of nitrogen functional groups attached to an aromatic ring is 1. The standard InChI is InChI=1S/C16H12Cl2F5N7O2S2/c1-33(31,32)29(7-9-2-3-26-8-27-9)15-13(6-24)28-30(16(15)25)14-11(17)4-10(5-12(14)18)34(19,20,21,22)23/h2-5,8H,7,25H2,1H3. The van der Waals surface area contributed by atoms with Crippen LogP contribution >= 0.6 is 33.4 Å². The highest BCUT2D eigenvalue weighted by molar-refractivity contribution is 8.45. The molecule has 2 N–H and O–H groups in total. The second-order valence-corrected chi connectivity index (χ2v) is 11.9. The van der Waals surface area contributed by atoms with Crippen LogP contribution in [0.15, 0.2) is 35.6 Å². The van der Waals surface area contributed by atoms with Gasteiger partial charge in [-0.15, -0.1) is 0 Å². The van der Waals surface area contributed by atoms with Crippen LogP contribution in [0.2, 0.25) is 10.0 Å². The average Bonchev–Trinajstić information content (AvgIpc) is 2.99. The number of sulfonamides is 1. The van der Waals surface area contributed by atoms with E-state index in [0.717, 1.165) is 12.6 Å². The maximum Gasteiger partial charge on any atom is 0.310 e. The quantitative estimate of drug-likeness (QED) is 0.415. The largest absolute Gasteiger partial charge is 0.382 e. The zero-order valence-electron chi connectivity index (χ0n) is 16.6. The molecule has 9 nitrogen and oxygen atoms in total. The molecule has 2 aromatic heterocycles. The van der Waals surface area contributed by atoms with Crippen LogP contribution in [0.25, 0.3) is 5.69 Å². The second-order valence-electron chi connectivity index (χ2n) is 6.78.